The molecular weight excluding hydrogens is 377 g/mol. The molecule has 146 valence electrons. The van der Waals surface area contributed by atoms with Crippen LogP contribution >= 0.6 is 11.8 Å². The average molecular weight is 399 g/mol. The molecule has 3 atom stereocenters. The van der Waals surface area contributed by atoms with E-state index >= 15 is 0 Å². The van der Waals surface area contributed by atoms with Crippen LogP contribution in [0.3, 0.4) is 0 Å². The van der Waals surface area contributed by atoms with E-state index < -0.39 is 5.97 Å². The highest BCUT2D eigenvalue weighted by molar-refractivity contribution is 8.00. The molecule has 4 nitrogen and oxygen atoms in total. The van der Waals surface area contributed by atoms with Crippen molar-refractivity contribution in [1.82, 2.24) is 0 Å². The minimum atomic E-state index is -0.935. The minimum Gasteiger partial charge on any atom is -0.478 e. The Balaban J connectivity index is 1.76. The van der Waals surface area contributed by atoms with Gasteiger partial charge in [0, 0.05) is 5.69 Å². The van der Waals surface area contributed by atoms with Crippen molar-refractivity contribution in [2.45, 2.75) is 32.1 Å². The van der Waals surface area contributed by atoms with Crippen LogP contribution in [0.5, 0.6) is 0 Å². The van der Waals surface area contributed by atoms with Crippen molar-refractivity contribution in [2.24, 2.45) is 11.8 Å². The van der Waals surface area contributed by atoms with Crippen LogP contribution in [0.1, 0.15) is 45.8 Å². The lowest BCUT2D eigenvalue weighted by molar-refractivity contribution is -0.115. The molecule has 3 unspecified atom stereocenters. The quantitative estimate of drug-likeness (QED) is 0.784. The number of carboxylic acids is 1. The van der Waals surface area contributed by atoms with E-state index in [9.17, 15) is 19.1 Å². The highest BCUT2D eigenvalue weighted by Gasteiger charge is 2.37. The molecule has 6 heteroatoms. The van der Waals surface area contributed by atoms with Gasteiger partial charge >= 0.3 is 5.97 Å². The lowest BCUT2D eigenvalue weighted by Crippen LogP contribution is -2.29. The molecule has 0 radical (unpaired) electrons. The Labute approximate surface area is 167 Å². The van der Waals surface area contributed by atoms with Crippen LogP contribution in [0.25, 0.3) is 0 Å². The number of rotatable bonds is 5. The molecule has 1 heterocycles. The number of halogens is 1. The summed E-state index contributed by atoms with van der Waals surface area (Å²) in [6, 6.07) is 9.55. The Bertz CT molecular complexity index is 944. The highest BCUT2D eigenvalue weighted by atomic mass is 32.2. The van der Waals surface area contributed by atoms with Gasteiger partial charge in [0.2, 0.25) is 5.91 Å². The fraction of sp³-hybridized carbons (Fsp3) is 0.364. The van der Waals surface area contributed by atoms with Crippen molar-refractivity contribution < 1.29 is 19.1 Å². The number of hydrogen-bond donors (Lipinski definition) is 1. The molecular formula is C22H22FNO3S. The molecule has 2 aromatic carbocycles. The molecule has 2 aromatic rings. The maximum atomic E-state index is 13.3. The summed E-state index contributed by atoms with van der Waals surface area (Å²) in [7, 11) is 0. The van der Waals surface area contributed by atoms with Crippen LogP contribution in [-0.4, -0.2) is 22.7 Å². The van der Waals surface area contributed by atoms with Crippen LogP contribution in [0.4, 0.5) is 10.1 Å². The maximum Gasteiger partial charge on any atom is 0.335 e. The van der Waals surface area contributed by atoms with Gasteiger partial charge in [0.15, 0.2) is 0 Å². The van der Waals surface area contributed by atoms with Gasteiger partial charge < -0.3 is 5.11 Å². The number of aromatic carboxylic acids is 1. The zero-order chi connectivity index (χ0) is 20.0. The van der Waals surface area contributed by atoms with Crippen molar-refractivity contribution in [1.29, 1.82) is 0 Å². The van der Waals surface area contributed by atoms with Crippen molar-refractivity contribution in [3.8, 4) is 0 Å². The SMILES string of the molecule is Cc1c(N2C(=O)CSC2c2ccc(F)cc2)ccc(C(=O)O)c1CC1CC1C. The standard InChI is InChI=1S/C22H22FNO3S/c1-12-9-15(12)10-18-13(2)19(8-7-17(18)22(26)27)24-20(25)11-28-21(24)14-3-5-16(23)6-4-14/h3-8,12,15,21H,9-11H2,1-2H3,(H,26,27). The van der Waals surface area contributed by atoms with Gasteiger partial charge in [-0.05, 0) is 72.6 Å². The van der Waals surface area contributed by atoms with E-state index in [1.807, 2.05) is 6.92 Å². The first-order chi connectivity index (χ1) is 13.4. The summed E-state index contributed by atoms with van der Waals surface area (Å²) in [6.45, 7) is 4.08. The van der Waals surface area contributed by atoms with Crippen molar-refractivity contribution in [3.63, 3.8) is 0 Å². The van der Waals surface area contributed by atoms with Gasteiger partial charge in [-0.2, -0.15) is 0 Å². The molecule has 0 spiro atoms. The normalized spacial score (nSPS) is 23.9. The third-order valence-electron chi connectivity index (χ3n) is 5.83. The summed E-state index contributed by atoms with van der Waals surface area (Å²) in [5, 5.41) is 9.39. The zero-order valence-corrected chi connectivity index (χ0v) is 16.6. The number of nitrogens with zero attached hydrogens (tertiary/aromatic N) is 1. The number of carboxylic acid groups (broad SMARTS) is 1. The Kier molecular flexibility index (Phi) is 4.91. The van der Waals surface area contributed by atoms with Gasteiger partial charge in [0.1, 0.15) is 11.2 Å². The van der Waals surface area contributed by atoms with Crippen LogP contribution in [-0.2, 0) is 11.2 Å². The number of benzene rings is 2. The van der Waals surface area contributed by atoms with Crippen LogP contribution in [0, 0.1) is 24.6 Å². The van der Waals surface area contributed by atoms with Gasteiger partial charge in [-0.25, -0.2) is 9.18 Å². The fourth-order valence-corrected chi connectivity index (χ4v) is 5.14. The number of carbonyl (C=O) groups is 2. The summed E-state index contributed by atoms with van der Waals surface area (Å²) in [4.78, 5) is 26.2. The van der Waals surface area contributed by atoms with E-state index in [0.717, 1.165) is 35.2 Å². The lowest BCUT2D eigenvalue weighted by atomic mass is 9.94. The Morgan fingerprint density at radius 1 is 1.25 bits per heavy atom. The molecule has 1 saturated carbocycles. The monoisotopic (exact) mass is 399 g/mol. The van der Waals surface area contributed by atoms with Crippen LogP contribution in [0.15, 0.2) is 36.4 Å². The van der Waals surface area contributed by atoms with Gasteiger partial charge in [-0.3, -0.25) is 9.69 Å². The topological polar surface area (TPSA) is 57.6 Å². The second kappa shape index (κ2) is 7.24. The maximum absolute atomic E-state index is 13.3. The molecule has 1 amide bonds. The van der Waals surface area contributed by atoms with Gasteiger partial charge in [0.25, 0.3) is 0 Å². The molecule has 0 bridgehead atoms. The summed E-state index contributed by atoms with van der Waals surface area (Å²) < 4.78 is 13.3. The van der Waals surface area contributed by atoms with Gasteiger partial charge in [0.05, 0.1) is 11.3 Å². The Morgan fingerprint density at radius 3 is 2.54 bits per heavy atom. The van der Waals surface area contributed by atoms with Crippen molar-refractivity contribution >= 4 is 29.3 Å². The first kappa shape index (κ1) is 19.0. The smallest absolute Gasteiger partial charge is 0.335 e. The predicted octanol–water partition coefficient (Wildman–Crippen LogP) is 4.81. The van der Waals surface area contributed by atoms with E-state index in [4.69, 9.17) is 0 Å². The minimum absolute atomic E-state index is 0.0174. The van der Waals surface area contributed by atoms with E-state index in [-0.39, 0.29) is 17.1 Å². The Morgan fingerprint density at radius 2 is 1.93 bits per heavy atom. The largest absolute Gasteiger partial charge is 0.478 e. The lowest BCUT2D eigenvalue weighted by Gasteiger charge is -2.27. The van der Waals surface area contributed by atoms with E-state index in [1.54, 1.807) is 29.2 Å². The molecule has 1 aliphatic heterocycles. The van der Waals surface area contributed by atoms with E-state index in [0.29, 0.717) is 23.2 Å². The van der Waals surface area contributed by atoms with Gasteiger partial charge in [-0.1, -0.05) is 19.1 Å². The number of carbonyl (C=O) groups excluding carboxylic acids is 1. The summed E-state index contributed by atoms with van der Waals surface area (Å²) >= 11 is 1.50. The van der Waals surface area contributed by atoms with Crippen LogP contribution < -0.4 is 4.90 Å². The fourth-order valence-electron chi connectivity index (χ4n) is 3.97. The van der Waals surface area contributed by atoms with Crippen LogP contribution in [0.2, 0.25) is 0 Å². The second-order valence-corrected chi connectivity index (χ2v) is 8.77. The first-order valence-corrected chi connectivity index (χ1v) is 10.5. The molecule has 1 N–H and O–H groups in total. The predicted molar refractivity (Wildman–Crippen MR) is 108 cm³/mol. The summed E-state index contributed by atoms with van der Waals surface area (Å²) in [6.07, 6.45) is 1.83. The third kappa shape index (κ3) is 3.41. The van der Waals surface area contributed by atoms with Crippen molar-refractivity contribution in [2.75, 3.05) is 10.7 Å². The average Bonchev–Trinajstić information content (AvgIpc) is 3.22. The van der Waals surface area contributed by atoms with E-state index in [1.165, 1.54) is 23.9 Å². The number of thioether (sulfide) groups is 1. The zero-order valence-electron chi connectivity index (χ0n) is 15.8. The Hall–Kier alpha value is -2.34. The second-order valence-electron chi connectivity index (χ2n) is 7.70. The molecule has 2 fully saturated rings. The molecule has 4 rings (SSSR count). The van der Waals surface area contributed by atoms with Crippen molar-refractivity contribution in [3.05, 3.63) is 64.5 Å². The number of anilines is 1. The first-order valence-electron chi connectivity index (χ1n) is 9.41. The molecule has 28 heavy (non-hydrogen) atoms. The van der Waals surface area contributed by atoms with E-state index in [2.05, 4.69) is 6.92 Å². The summed E-state index contributed by atoms with van der Waals surface area (Å²) in [5.41, 5.74) is 3.59. The molecule has 1 saturated heterocycles. The molecule has 1 aliphatic carbocycles. The number of amides is 1. The number of hydrogen-bond acceptors (Lipinski definition) is 3. The molecule has 2 aliphatic rings. The molecule has 0 aromatic heterocycles. The van der Waals surface area contributed by atoms with Gasteiger partial charge in [-0.15, -0.1) is 11.8 Å². The highest BCUT2D eigenvalue weighted by Crippen LogP contribution is 2.46. The third-order valence-corrected chi connectivity index (χ3v) is 7.04. The summed E-state index contributed by atoms with van der Waals surface area (Å²) in [5.74, 6) is 0.194.